The van der Waals surface area contributed by atoms with Gasteiger partial charge in [-0.05, 0) is 25.3 Å². The van der Waals surface area contributed by atoms with E-state index in [9.17, 15) is 9.90 Å². The second-order valence-corrected chi connectivity index (χ2v) is 6.35. The number of carbonyl (C=O) groups is 1. The van der Waals surface area contributed by atoms with Crippen LogP contribution in [0.2, 0.25) is 0 Å². The fourth-order valence-electron chi connectivity index (χ4n) is 1.61. The van der Waals surface area contributed by atoms with Gasteiger partial charge in [-0.15, -0.1) is 11.3 Å². The van der Waals surface area contributed by atoms with Crippen LogP contribution in [-0.2, 0) is 0 Å². The van der Waals surface area contributed by atoms with Gasteiger partial charge in [-0.25, -0.2) is 4.98 Å². The zero-order valence-corrected chi connectivity index (χ0v) is 12.9. The number of nitrogens with zero attached hydrogens (tertiary/aromatic N) is 1. The molecule has 0 radical (unpaired) electrons. The van der Waals surface area contributed by atoms with Gasteiger partial charge in [-0.2, -0.15) is 11.8 Å². The van der Waals surface area contributed by atoms with Crippen molar-refractivity contribution in [2.24, 2.45) is 0 Å². The Morgan fingerprint density at radius 1 is 1.65 bits per heavy atom. The third kappa shape index (κ3) is 3.84. The molecule has 0 saturated carbocycles. The molecule has 1 atom stereocenters. The van der Waals surface area contributed by atoms with Crippen LogP contribution >= 0.6 is 23.1 Å². The summed E-state index contributed by atoms with van der Waals surface area (Å²) in [5.41, 5.74) is -0.587. The van der Waals surface area contributed by atoms with E-state index in [-0.39, 0.29) is 12.5 Å². The number of carbonyl (C=O) groups excluding carboxylic acids is 1. The molecule has 0 bridgehead atoms. The molecule has 108 valence electrons. The van der Waals surface area contributed by atoms with Gasteiger partial charge < -0.3 is 14.8 Å². The average molecular weight is 312 g/mol. The summed E-state index contributed by atoms with van der Waals surface area (Å²) in [7, 11) is 0. The largest absolute Gasteiger partial charge is 0.462 e. The predicted molar refractivity (Wildman–Crippen MR) is 81.2 cm³/mol. The first kappa shape index (κ1) is 15.1. The van der Waals surface area contributed by atoms with Gasteiger partial charge in [-0.3, -0.25) is 4.79 Å². The number of thiazole rings is 1. The van der Waals surface area contributed by atoms with E-state index >= 15 is 0 Å². The summed E-state index contributed by atoms with van der Waals surface area (Å²) in [6.45, 7) is 1.89. The molecular weight excluding hydrogens is 296 g/mol. The van der Waals surface area contributed by atoms with E-state index in [1.807, 2.05) is 6.26 Å². The molecule has 5 nitrogen and oxygen atoms in total. The van der Waals surface area contributed by atoms with Crippen molar-refractivity contribution in [3.63, 3.8) is 0 Å². The number of furan rings is 1. The Morgan fingerprint density at radius 2 is 2.45 bits per heavy atom. The number of nitrogens with one attached hydrogen (secondary N) is 1. The second-order valence-electron chi connectivity index (χ2n) is 4.63. The molecule has 0 aliphatic rings. The number of thioether (sulfide) groups is 1. The molecule has 2 aromatic heterocycles. The van der Waals surface area contributed by atoms with Crippen molar-refractivity contribution in [1.29, 1.82) is 0 Å². The van der Waals surface area contributed by atoms with Gasteiger partial charge in [0.05, 0.1) is 11.9 Å². The Bertz CT molecular complexity index is 564. The molecule has 0 aliphatic carbocycles. The highest BCUT2D eigenvalue weighted by molar-refractivity contribution is 7.98. The molecule has 0 fully saturated rings. The van der Waals surface area contributed by atoms with Crippen molar-refractivity contribution >= 4 is 29.0 Å². The van der Waals surface area contributed by atoms with Crippen molar-refractivity contribution in [1.82, 2.24) is 10.3 Å². The summed E-state index contributed by atoms with van der Waals surface area (Å²) >= 11 is 2.88. The number of aromatic nitrogens is 1. The molecule has 1 amide bonds. The first-order valence-electron chi connectivity index (χ1n) is 6.01. The summed E-state index contributed by atoms with van der Waals surface area (Å²) in [5, 5.41) is 15.0. The molecule has 2 aromatic rings. The highest BCUT2D eigenvalue weighted by Gasteiger charge is 2.21. The minimum Gasteiger partial charge on any atom is -0.462 e. The summed E-state index contributed by atoms with van der Waals surface area (Å²) < 4.78 is 5.23. The normalized spacial score (nSPS) is 13.9. The molecule has 20 heavy (non-hydrogen) atoms. The summed E-state index contributed by atoms with van der Waals surface area (Å²) in [5.74, 6) is 0.908. The van der Waals surface area contributed by atoms with Crippen LogP contribution in [0.3, 0.4) is 0 Å². The third-order valence-corrected chi connectivity index (χ3v) is 4.32. The zero-order chi connectivity index (χ0) is 14.6. The smallest absolute Gasteiger partial charge is 0.270 e. The fraction of sp³-hybridized carbons (Fsp3) is 0.385. The molecule has 2 rings (SSSR count). The quantitative estimate of drug-likeness (QED) is 0.855. The Kier molecular flexibility index (Phi) is 4.85. The van der Waals surface area contributed by atoms with Crippen molar-refractivity contribution in [2.45, 2.75) is 12.5 Å². The highest BCUT2D eigenvalue weighted by atomic mass is 32.2. The number of rotatable bonds is 6. The average Bonchev–Trinajstić information content (AvgIpc) is 3.06. The number of aliphatic hydroxyl groups is 1. The molecule has 0 spiro atoms. The molecule has 2 N–H and O–H groups in total. The zero-order valence-electron chi connectivity index (χ0n) is 11.3. The van der Waals surface area contributed by atoms with E-state index < -0.39 is 5.60 Å². The lowest BCUT2D eigenvalue weighted by Crippen LogP contribution is -2.42. The standard InChI is InChI=1S/C13H16N2O3S2/c1-13(17,8-19-2)7-14-11(16)9-6-20-12(15-9)10-4-3-5-18-10/h3-6,17H,7-8H2,1-2H3,(H,14,16). The molecule has 0 aromatic carbocycles. The van der Waals surface area contributed by atoms with Crippen LogP contribution in [-0.4, -0.2) is 40.2 Å². The minimum absolute atomic E-state index is 0.195. The van der Waals surface area contributed by atoms with Gasteiger partial charge in [0.2, 0.25) is 0 Å². The van der Waals surface area contributed by atoms with Crippen LogP contribution in [0.15, 0.2) is 28.2 Å². The SMILES string of the molecule is CSCC(C)(O)CNC(=O)c1csc(-c2ccco2)n1. The lowest BCUT2D eigenvalue weighted by Gasteiger charge is -2.22. The maximum absolute atomic E-state index is 12.0. The van der Waals surface area contributed by atoms with E-state index in [1.165, 1.54) is 23.1 Å². The maximum Gasteiger partial charge on any atom is 0.270 e. The van der Waals surface area contributed by atoms with Crippen LogP contribution in [0.5, 0.6) is 0 Å². The highest BCUT2D eigenvalue weighted by Crippen LogP contribution is 2.23. The maximum atomic E-state index is 12.0. The molecule has 1 unspecified atom stereocenters. The van der Waals surface area contributed by atoms with E-state index in [0.29, 0.717) is 22.2 Å². The van der Waals surface area contributed by atoms with E-state index in [1.54, 1.807) is 30.7 Å². The van der Waals surface area contributed by atoms with Gasteiger partial charge >= 0.3 is 0 Å². The first-order valence-corrected chi connectivity index (χ1v) is 8.28. The van der Waals surface area contributed by atoms with Crippen molar-refractivity contribution in [2.75, 3.05) is 18.6 Å². The van der Waals surface area contributed by atoms with Crippen LogP contribution in [0.25, 0.3) is 10.8 Å². The summed E-state index contributed by atoms with van der Waals surface area (Å²) in [6.07, 6.45) is 3.47. The van der Waals surface area contributed by atoms with E-state index in [2.05, 4.69) is 10.3 Å². The topological polar surface area (TPSA) is 75.4 Å². The number of hydrogen-bond acceptors (Lipinski definition) is 6. The van der Waals surface area contributed by atoms with Crippen molar-refractivity contribution in [3.05, 3.63) is 29.5 Å². The van der Waals surface area contributed by atoms with Gasteiger partial charge in [0.1, 0.15) is 5.69 Å². The molecule has 0 saturated heterocycles. The van der Waals surface area contributed by atoms with Gasteiger partial charge in [0.15, 0.2) is 10.8 Å². The second kappa shape index (κ2) is 6.43. The molecule has 2 heterocycles. The Labute approximate surface area is 125 Å². The Morgan fingerprint density at radius 3 is 3.10 bits per heavy atom. The molecule has 0 aliphatic heterocycles. The van der Waals surface area contributed by atoms with Crippen LogP contribution < -0.4 is 5.32 Å². The van der Waals surface area contributed by atoms with Crippen LogP contribution in [0.4, 0.5) is 0 Å². The van der Waals surface area contributed by atoms with Crippen molar-refractivity contribution in [3.8, 4) is 10.8 Å². The third-order valence-electron chi connectivity index (χ3n) is 2.55. The van der Waals surface area contributed by atoms with Crippen molar-refractivity contribution < 1.29 is 14.3 Å². The Balaban J connectivity index is 1.97. The Hall–Kier alpha value is -1.31. The molecule has 7 heteroatoms. The van der Waals surface area contributed by atoms with E-state index in [4.69, 9.17) is 4.42 Å². The van der Waals surface area contributed by atoms with Gasteiger partial charge in [0.25, 0.3) is 5.91 Å². The number of amides is 1. The minimum atomic E-state index is -0.922. The van der Waals surface area contributed by atoms with E-state index in [0.717, 1.165) is 0 Å². The van der Waals surface area contributed by atoms with Gasteiger partial charge in [-0.1, -0.05) is 0 Å². The van der Waals surface area contributed by atoms with Crippen LogP contribution in [0.1, 0.15) is 17.4 Å². The fourth-order valence-corrected chi connectivity index (χ4v) is 3.11. The number of hydrogen-bond donors (Lipinski definition) is 2. The lowest BCUT2D eigenvalue weighted by atomic mass is 10.1. The summed E-state index contributed by atoms with van der Waals surface area (Å²) in [6, 6.07) is 3.57. The van der Waals surface area contributed by atoms with Gasteiger partial charge in [0, 0.05) is 17.7 Å². The monoisotopic (exact) mass is 312 g/mol. The summed E-state index contributed by atoms with van der Waals surface area (Å²) in [4.78, 5) is 16.2. The first-order chi connectivity index (χ1) is 9.52. The van der Waals surface area contributed by atoms with Crippen LogP contribution in [0, 0.1) is 0 Å². The lowest BCUT2D eigenvalue weighted by molar-refractivity contribution is 0.0723. The molecular formula is C13H16N2O3S2. The predicted octanol–water partition coefficient (Wildman–Crippen LogP) is 2.25.